The summed E-state index contributed by atoms with van der Waals surface area (Å²) in [5.41, 5.74) is 1.08. The Balaban J connectivity index is 4.03. The highest BCUT2D eigenvalue weighted by Gasteiger charge is 2.15. The molecule has 0 saturated carbocycles. The fourth-order valence-corrected chi connectivity index (χ4v) is 1.44. The van der Waals surface area contributed by atoms with E-state index < -0.39 is 0 Å². The van der Waals surface area contributed by atoms with Crippen LogP contribution in [-0.4, -0.2) is 36.5 Å². The van der Waals surface area contributed by atoms with Crippen molar-refractivity contribution in [3.8, 4) is 0 Å². The van der Waals surface area contributed by atoms with Crippen molar-refractivity contribution >= 4 is 11.9 Å². The monoisotopic (exact) mass is 241 g/mol. The van der Waals surface area contributed by atoms with Crippen molar-refractivity contribution in [2.45, 2.75) is 40.0 Å². The van der Waals surface area contributed by atoms with Crippen molar-refractivity contribution in [3.63, 3.8) is 0 Å². The van der Waals surface area contributed by atoms with Crippen LogP contribution in [0.2, 0.25) is 0 Å². The lowest BCUT2D eigenvalue weighted by molar-refractivity contribution is -0.148. The van der Waals surface area contributed by atoms with Gasteiger partial charge < -0.3 is 9.64 Å². The predicted molar refractivity (Wildman–Crippen MR) is 67.6 cm³/mol. The van der Waals surface area contributed by atoms with Crippen molar-refractivity contribution in [1.82, 2.24) is 4.90 Å². The molecule has 0 aliphatic carbocycles. The molecule has 0 fully saturated rings. The van der Waals surface area contributed by atoms with E-state index in [9.17, 15) is 9.59 Å². The molecule has 0 unspecified atom stereocenters. The normalized spacial score (nSPS) is 9.82. The minimum atomic E-state index is -0.345. The van der Waals surface area contributed by atoms with E-state index in [0.29, 0.717) is 19.6 Å². The first-order chi connectivity index (χ1) is 8.01. The van der Waals surface area contributed by atoms with Crippen LogP contribution in [-0.2, 0) is 14.3 Å². The molecular weight excluding hydrogens is 218 g/mol. The van der Waals surface area contributed by atoms with E-state index in [-0.39, 0.29) is 18.4 Å². The Morgan fingerprint density at radius 1 is 1.24 bits per heavy atom. The number of hydrogen-bond donors (Lipinski definition) is 0. The molecule has 0 atom stereocenters. The molecule has 0 spiro atoms. The minimum absolute atomic E-state index is 0.00167. The molecule has 0 aromatic heterocycles. The molecule has 1 amide bonds. The molecule has 0 bridgehead atoms. The van der Waals surface area contributed by atoms with E-state index in [1.807, 2.05) is 13.8 Å². The second-order valence-electron chi connectivity index (χ2n) is 4.02. The molecule has 4 nitrogen and oxygen atoms in total. The summed E-state index contributed by atoms with van der Waals surface area (Å²) in [5.74, 6) is -0.343. The number of carbonyl (C=O) groups is 2. The van der Waals surface area contributed by atoms with Gasteiger partial charge in [0, 0.05) is 13.0 Å². The van der Waals surface area contributed by atoms with Gasteiger partial charge in [-0.2, -0.15) is 0 Å². The highest BCUT2D eigenvalue weighted by molar-refractivity contribution is 5.82. The Hall–Kier alpha value is -1.32. The van der Waals surface area contributed by atoms with Gasteiger partial charge in [-0.25, -0.2) is 0 Å². The standard InChI is InChI=1S/C13H23NO3/c1-5-14(10-13(16)17-6-2)12(15)9-7-8-11(3)4/h3,5-10H2,1-2,4H3. The van der Waals surface area contributed by atoms with Gasteiger partial charge in [0.1, 0.15) is 6.54 Å². The van der Waals surface area contributed by atoms with E-state index in [4.69, 9.17) is 4.74 Å². The number of allylic oxidation sites excluding steroid dienone is 1. The highest BCUT2D eigenvalue weighted by atomic mass is 16.5. The van der Waals surface area contributed by atoms with Gasteiger partial charge in [-0.15, -0.1) is 6.58 Å². The zero-order valence-corrected chi connectivity index (χ0v) is 11.1. The topological polar surface area (TPSA) is 46.6 Å². The maximum absolute atomic E-state index is 11.8. The summed E-state index contributed by atoms with van der Waals surface area (Å²) in [5, 5.41) is 0. The number of rotatable bonds is 8. The SMILES string of the molecule is C=C(C)CCCC(=O)N(CC)CC(=O)OCC. The van der Waals surface area contributed by atoms with E-state index in [1.165, 1.54) is 4.90 Å². The van der Waals surface area contributed by atoms with Gasteiger partial charge in [-0.1, -0.05) is 5.57 Å². The molecule has 0 aromatic rings. The maximum atomic E-state index is 11.8. The average molecular weight is 241 g/mol. The van der Waals surface area contributed by atoms with Crippen molar-refractivity contribution in [3.05, 3.63) is 12.2 Å². The lowest BCUT2D eigenvalue weighted by atomic mass is 10.1. The Morgan fingerprint density at radius 2 is 1.88 bits per heavy atom. The van der Waals surface area contributed by atoms with E-state index in [0.717, 1.165) is 18.4 Å². The van der Waals surface area contributed by atoms with Crippen LogP contribution < -0.4 is 0 Å². The first-order valence-corrected chi connectivity index (χ1v) is 6.09. The van der Waals surface area contributed by atoms with Crippen molar-refractivity contribution < 1.29 is 14.3 Å². The molecule has 0 heterocycles. The number of nitrogens with zero attached hydrogens (tertiary/aromatic N) is 1. The molecule has 0 radical (unpaired) electrons. The Kier molecular flexibility index (Phi) is 8.11. The minimum Gasteiger partial charge on any atom is -0.465 e. The molecular formula is C13H23NO3. The van der Waals surface area contributed by atoms with Crippen LogP contribution in [0.15, 0.2) is 12.2 Å². The van der Waals surface area contributed by atoms with Crippen LogP contribution in [0.3, 0.4) is 0 Å². The van der Waals surface area contributed by atoms with Gasteiger partial charge >= 0.3 is 5.97 Å². The third-order valence-electron chi connectivity index (χ3n) is 2.35. The van der Waals surface area contributed by atoms with Crippen molar-refractivity contribution in [2.75, 3.05) is 19.7 Å². The van der Waals surface area contributed by atoms with Gasteiger partial charge in [0.15, 0.2) is 0 Å². The lowest BCUT2D eigenvalue weighted by Gasteiger charge is -2.19. The van der Waals surface area contributed by atoms with Crippen LogP contribution >= 0.6 is 0 Å². The summed E-state index contributed by atoms with van der Waals surface area (Å²) >= 11 is 0. The molecule has 4 heteroatoms. The van der Waals surface area contributed by atoms with E-state index in [2.05, 4.69) is 6.58 Å². The molecule has 0 aromatic carbocycles. The van der Waals surface area contributed by atoms with Crippen molar-refractivity contribution in [1.29, 1.82) is 0 Å². The fraction of sp³-hybridized carbons (Fsp3) is 0.692. The van der Waals surface area contributed by atoms with Gasteiger partial charge in [0.2, 0.25) is 5.91 Å². The molecule has 98 valence electrons. The van der Waals surface area contributed by atoms with Gasteiger partial charge in [-0.3, -0.25) is 9.59 Å². The fourth-order valence-electron chi connectivity index (χ4n) is 1.44. The number of likely N-dealkylation sites (N-methyl/N-ethyl adjacent to an activating group) is 1. The number of hydrogen-bond acceptors (Lipinski definition) is 3. The van der Waals surface area contributed by atoms with Gasteiger partial charge in [0.05, 0.1) is 6.61 Å². The highest BCUT2D eigenvalue weighted by Crippen LogP contribution is 2.06. The smallest absolute Gasteiger partial charge is 0.325 e. The average Bonchev–Trinajstić information content (AvgIpc) is 2.25. The number of esters is 1. The van der Waals surface area contributed by atoms with Crippen LogP contribution in [0.25, 0.3) is 0 Å². The summed E-state index contributed by atoms with van der Waals surface area (Å²) in [6, 6.07) is 0. The Morgan fingerprint density at radius 3 is 2.35 bits per heavy atom. The summed E-state index contributed by atoms with van der Waals surface area (Å²) in [4.78, 5) is 24.6. The summed E-state index contributed by atoms with van der Waals surface area (Å²) in [7, 11) is 0. The number of ether oxygens (including phenoxy) is 1. The molecule has 0 N–H and O–H groups in total. The Bertz CT molecular complexity index is 274. The van der Waals surface area contributed by atoms with Crippen LogP contribution in [0.4, 0.5) is 0 Å². The lowest BCUT2D eigenvalue weighted by Crippen LogP contribution is -2.36. The third kappa shape index (κ3) is 7.55. The summed E-state index contributed by atoms with van der Waals surface area (Å²) < 4.78 is 4.82. The second-order valence-corrected chi connectivity index (χ2v) is 4.02. The quantitative estimate of drug-likeness (QED) is 0.483. The first kappa shape index (κ1) is 15.7. The van der Waals surface area contributed by atoms with E-state index >= 15 is 0 Å². The molecule has 0 rings (SSSR count). The third-order valence-corrected chi connectivity index (χ3v) is 2.35. The largest absolute Gasteiger partial charge is 0.465 e. The summed E-state index contributed by atoms with van der Waals surface area (Å²) in [6.45, 7) is 10.3. The van der Waals surface area contributed by atoms with Crippen LogP contribution in [0, 0.1) is 0 Å². The second kappa shape index (κ2) is 8.79. The van der Waals surface area contributed by atoms with Crippen LogP contribution in [0.1, 0.15) is 40.0 Å². The first-order valence-electron chi connectivity index (χ1n) is 6.09. The molecule has 0 saturated heterocycles. The van der Waals surface area contributed by atoms with Crippen LogP contribution in [0.5, 0.6) is 0 Å². The van der Waals surface area contributed by atoms with Gasteiger partial charge in [0.25, 0.3) is 0 Å². The molecule has 0 aliphatic rings. The van der Waals surface area contributed by atoms with Gasteiger partial charge in [-0.05, 0) is 33.6 Å². The van der Waals surface area contributed by atoms with E-state index in [1.54, 1.807) is 6.92 Å². The van der Waals surface area contributed by atoms with Crippen molar-refractivity contribution in [2.24, 2.45) is 0 Å². The molecule has 0 aliphatic heterocycles. The Labute approximate surface area is 104 Å². The zero-order valence-electron chi connectivity index (χ0n) is 11.1. The zero-order chi connectivity index (χ0) is 13.3. The molecule has 17 heavy (non-hydrogen) atoms. The predicted octanol–water partition coefficient (Wildman–Crippen LogP) is 2.14. The maximum Gasteiger partial charge on any atom is 0.325 e. The summed E-state index contributed by atoms with van der Waals surface area (Å²) in [6.07, 6.45) is 2.09. The number of amides is 1. The number of carbonyl (C=O) groups excluding carboxylic acids is 2.